The lowest BCUT2D eigenvalue weighted by Crippen LogP contribution is -2.12. The van der Waals surface area contributed by atoms with Gasteiger partial charge in [-0.1, -0.05) is 66.4 Å². The Bertz CT molecular complexity index is 769. The summed E-state index contributed by atoms with van der Waals surface area (Å²) in [6.45, 7) is 4.35. The molecule has 2 aromatic carbocycles. The smallest absolute Gasteiger partial charge is 0.212 e. The van der Waals surface area contributed by atoms with Gasteiger partial charge in [0.15, 0.2) is 0 Å². The number of rotatable bonds is 3. The molecule has 0 spiro atoms. The molecule has 0 unspecified atom stereocenters. The van der Waals surface area contributed by atoms with Gasteiger partial charge in [0.1, 0.15) is 5.03 Å². The van der Waals surface area contributed by atoms with Crippen molar-refractivity contribution in [3.8, 4) is 5.88 Å². The number of aromatic hydroxyl groups is 1. The van der Waals surface area contributed by atoms with Gasteiger partial charge < -0.3 is 5.11 Å². The van der Waals surface area contributed by atoms with Gasteiger partial charge in [-0.15, -0.1) is 0 Å². The molecular weight excluding hydrogens is 278 g/mol. The zero-order valence-corrected chi connectivity index (χ0v) is 12.9. The van der Waals surface area contributed by atoms with Crippen LogP contribution in [-0.2, 0) is 4.75 Å². The van der Waals surface area contributed by atoms with Crippen LogP contribution in [-0.4, -0.2) is 10.1 Å². The largest absolute Gasteiger partial charge is 0.493 e. The van der Waals surface area contributed by atoms with Gasteiger partial charge in [-0.05, 0) is 24.8 Å². The molecule has 2 nitrogen and oxygen atoms in total. The van der Waals surface area contributed by atoms with Crippen molar-refractivity contribution >= 4 is 22.5 Å². The molecule has 3 heteroatoms. The Balaban J connectivity index is 2.05. The first-order valence-electron chi connectivity index (χ1n) is 6.89. The van der Waals surface area contributed by atoms with Crippen molar-refractivity contribution in [2.24, 2.45) is 0 Å². The molecule has 0 aliphatic heterocycles. The highest BCUT2D eigenvalue weighted by Crippen LogP contribution is 2.42. The third-order valence-electron chi connectivity index (χ3n) is 3.51. The minimum absolute atomic E-state index is 0.0695. The average Bonchev–Trinajstić information content (AvgIpc) is 2.47. The molecule has 0 atom stereocenters. The van der Waals surface area contributed by atoms with Crippen molar-refractivity contribution in [2.45, 2.75) is 23.6 Å². The van der Waals surface area contributed by atoms with Crippen LogP contribution in [0.4, 0.5) is 0 Å². The zero-order chi connectivity index (χ0) is 14.9. The molecule has 0 radical (unpaired) electrons. The fourth-order valence-corrected chi connectivity index (χ4v) is 3.54. The lowest BCUT2D eigenvalue weighted by atomic mass is 10.0. The topological polar surface area (TPSA) is 33.1 Å². The molecule has 0 saturated carbocycles. The summed E-state index contributed by atoms with van der Waals surface area (Å²) in [6, 6.07) is 20.1. The van der Waals surface area contributed by atoms with Crippen molar-refractivity contribution in [3.05, 3.63) is 66.2 Å². The Morgan fingerprint density at radius 3 is 2.38 bits per heavy atom. The fraction of sp³-hybridized carbons (Fsp3) is 0.167. The highest BCUT2D eigenvalue weighted by Gasteiger charge is 2.24. The van der Waals surface area contributed by atoms with Gasteiger partial charge in [0.2, 0.25) is 5.88 Å². The first-order valence-corrected chi connectivity index (χ1v) is 7.71. The number of pyridine rings is 1. The summed E-state index contributed by atoms with van der Waals surface area (Å²) in [5.74, 6) is 0.0695. The Hall–Kier alpha value is -2.00. The summed E-state index contributed by atoms with van der Waals surface area (Å²) < 4.78 is -0.120. The predicted molar refractivity (Wildman–Crippen MR) is 88.7 cm³/mol. The van der Waals surface area contributed by atoms with Crippen LogP contribution < -0.4 is 0 Å². The van der Waals surface area contributed by atoms with E-state index in [1.165, 1.54) is 5.56 Å². The van der Waals surface area contributed by atoms with Crippen molar-refractivity contribution in [3.63, 3.8) is 0 Å². The zero-order valence-electron chi connectivity index (χ0n) is 12.1. The number of hydrogen-bond donors (Lipinski definition) is 1. The van der Waals surface area contributed by atoms with E-state index in [0.717, 1.165) is 15.8 Å². The fourth-order valence-electron chi connectivity index (χ4n) is 2.37. The van der Waals surface area contributed by atoms with E-state index in [1.807, 2.05) is 42.5 Å². The molecule has 0 aliphatic rings. The maximum atomic E-state index is 9.85. The van der Waals surface area contributed by atoms with Gasteiger partial charge in [-0.3, -0.25) is 0 Å². The maximum absolute atomic E-state index is 9.85. The van der Waals surface area contributed by atoms with Crippen LogP contribution in [0.5, 0.6) is 5.88 Å². The first kappa shape index (κ1) is 14.0. The van der Waals surface area contributed by atoms with Gasteiger partial charge in [-0.25, -0.2) is 4.98 Å². The minimum atomic E-state index is -0.120. The van der Waals surface area contributed by atoms with Crippen LogP contribution in [0, 0.1) is 0 Å². The summed E-state index contributed by atoms with van der Waals surface area (Å²) in [5, 5.41) is 12.8. The van der Waals surface area contributed by atoms with E-state index in [0.29, 0.717) is 0 Å². The van der Waals surface area contributed by atoms with Gasteiger partial charge in [0, 0.05) is 16.2 Å². The molecule has 1 heterocycles. The number of aromatic nitrogens is 1. The summed E-state index contributed by atoms with van der Waals surface area (Å²) in [6.07, 6.45) is 0. The standard InChI is InChI=1S/C18H17NOS/c1-18(2,14-9-4-3-5-10-14)21-17-15-11-7-6-8-13(15)12-16(20)19-17/h3-12H,1-2H3,(H,19,20). The molecule has 106 valence electrons. The van der Waals surface area contributed by atoms with E-state index >= 15 is 0 Å². The van der Waals surface area contributed by atoms with E-state index in [-0.39, 0.29) is 10.6 Å². The maximum Gasteiger partial charge on any atom is 0.212 e. The number of benzene rings is 2. The Labute approximate surface area is 128 Å². The van der Waals surface area contributed by atoms with E-state index in [2.05, 4.69) is 31.0 Å². The van der Waals surface area contributed by atoms with Crippen molar-refractivity contribution in [1.82, 2.24) is 4.98 Å². The molecule has 0 fully saturated rings. The van der Waals surface area contributed by atoms with Crippen LogP contribution >= 0.6 is 11.8 Å². The number of fused-ring (bicyclic) bond motifs is 1. The molecule has 0 bridgehead atoms. The molecule has 1 N–H and O–H groups in total. The first-order chi connectivity index (χ1) is 10.1. The molecule has 0 aliphatic carbocycles. The second-order valence-electron chi connectivity index (χ2n) is 5.49. The van der Waals surface area contributed by atoms with Crippen LogP contribution in [0.1, 0.15) is 19.4 Å². The highest BCUT2D eigenvalue weighted by atomic mass is 32.2. The molecule has 21 heavy (non-hydrogen) atoms. The van der Waals surface area contributed by atoms with Crippen LogP contribution in [0.15, 0.2) is 65.7 Å². The molecule has 3 rings (SSSR count). The second kappa shape index (κ2) is 5.41. The quantitative estimate of drug-likeness (QED) is 0.693. The Kier molecular flexibility index (Phi) is 3.60. The van der Waals surface area contributed by atoms with Crippen molar-refractivity contribution in [2.75, 3.05) is 0 Å². The number of nitrogens with zero attached hydrogens (tertiary/aromatic N) is 1. The van der Waals surface area contributed by atoms with Crippen LogP contribution in [0.25, 0.3) is 10.8 Å². The summed E-state index contributed by atoms with van der Waals surface area (Å²) in [4.78, 5) is 4.33. The highest BCUT2D eigenvalue weighted by molar-refractivity contribution is 8.00. The van der Waals surface area contributed by atoms with Crippen LogP contribution in [0.3, 0.4) is 0 Å². The molecular formula is C18H17NOS. The normalized spacial score (nSPS) is 11.7. The number of hydrogen-bond acceptors (Lipinski definition) is 3. The monoisotopic (exact) mass is 295 g/mol. The summed E-state index contributed by atoms with van der Waals surface area (Å²) in [7, 11) is 0. The molecule has 1 aromatic heterocycles. The van der Waals surface area contributed by atoms with Gasteiger partial charge in [-0.2, -0.15) is 0 Å². The SMILES string of the molecule is CC(C)(Sc1nc(O)cc2ccccc12)c1ccccc1. The third-order valence-corrected chi connectivity index (χ3v) is 4.76. The lowest BCUT2D eigenvalue weighted by molar-refractivity contribution is 0.450. The average molecular weight is 295 g/mol. The Morgan fingerprint density at radius 2 is 1.62 bits per heavy atom. The van der Waals surface area contributed by atoms with Crippen molar-refractivity contribution in [1.29, 1.82) is 0 Å². The van der Waals surface area contributed by atoms with E-state index in [9.17, 15) is 5.11 Å². The van der Waals surface area contributed by atoms with Crippen molar-refractivity contribution < 1.29 is 5.11 Å². The van der Waals surface area contributed by atoms with E-state index < -0.39 is 0 Å². The van der Waals surface area contributed by atoms with E-state index in [1.54, 1.807) is 17.8 Å². The van der Waals surface area contributed by atoms with Gasteiger partial charge in [0.05, 0.1) is 0 Å². The van der Waals surface area contributed by atoms with Gasteiger partial charge >= 0.3 is 0 Å². The van der Waals surface area contributed by atoms with E-state index in [4.69, 9.17) is 0 Å². The predicted octanol–water partition coefficient (Wildman–Crippen LogP) is 4.97. The molecule has 3 aromatic rings. The van der Waals surface area contributed by atoms with Gasteiger partial charge in [0.25, 0.3) is 0 Å². The van der Waals surface area contributed by atoms with Crippen LogP contribution in [0.2, 0.25) is 0 Å². The summed E-state index contributed by atoms with van der Waals surface area (Å²) >= 11 is 1.67. The molecule has 0 saturated heterocycles. The minimum Gasteiger partial charge on any atom is -0.493 e. The molecule has 0 amide bonds. The Morgan fingerprint density at radius 1 is 0.952 bits per heavy atom. The summed E-state index contributed by atoms with van der Waals surface area (Å²) in [5.41, 5.74) is 1.24. The second-order valence-corrected chi connectivity index (χ2v) is 7.10. The number of thioether (sulfide) groups is 1. The third kappa shape index (κ3) is 2.88. The lowest BCUT2D eigenvalue weighted by Gasteiger charge is -2.24.